The Morgan fingerprint density at radius 3 is 2.45 bits per heavy atom. The van der Waals surface area contributed by atoms with Crippen molar-refractivity contribution in [2.45, 2.75) is 64.0 Å². The van der Waals surface area contributed by atoms with Gasteiger partial charge in [0, 0.05) is 17.5 Å². The van der Waals surface area contributed by atoms with Crippen molar-refractivity contribution < 1.29 is 24.2 Å². The summed E-state index contributed by atoms with van der Waals surface area (Å²) in [5.41, 5.74) is 0.616. The van der Waals surface area contributed by atoms with Gasteiger partial charge in [0.1, 0.15) is 4.75 Å². The highest BCUT2D eigenvalue weighted by atomic mass is 32.2. The number of carbonyl (C=O) groups is 1. The van der Waals surface area contributed by atoms with Crippen molar-refractivity contribution in [1.82, 2.24) is 0 Å². The van der Waals surface area contributed by atoms with Crippen LogP contribution in [0.15, 0.2) is 0 Å². The van der Waals surface area contributed by atoms with Crippen molar-refractivity contribution in [1.29, 1.82) is 0 Å². The lowest BCUT2D eigenvalue weighted by molar-refractivity contribution is -0.777. The molecule has 0 amide bonds. The van der Waals surface area contributed by atoms with Gasteiger partial charge in [-0.2, -0.15) is 4.33 Å². The van der Waals surface area contributed by atoms with E-state index in [2.05, 4.69) is 16.3 Å². The van der Waals surface area contributed by atoms with Gasteiger partial charge in [-0.1, -0.05) is 6.92 Å². The Bertz CT molecular complexity index is 436. The molecule has 0 aromatic carbocycles. The van der Waals surface area contributed by atoms with Gasteiger partial charge in [0.15, 0.2) is 0 Å². The van der Waals surface area contributed by atoms with Crippen LogP contribution in [0.1, 0.15) is 59.3 Å². The van der Waals surface area contributed by atoms with E-state index in [1.807, 2.05) is 0 Å². The summed E-state index contributed by atoms with van der Waals surface area (Å²) in [5, 5.41) is 13.3. The summed E-state index contributed by atoms with van der Waals surface area (Å²) in [4.78, 5) is 12.3. The number of carbonyl (C=O) groups excluding carboxylic acids is 1. The third-order valence-corrected chi connectivity index (χ3v) is 6.45. The predicted octanol–water partition coefficient (Wildman–Crippen LogP) is 2.79. The van der Waals surface area contributed by atoms with E-state index in [4.69, 9.17) is 4.74 Å². The van der Waals surface area contributed by atoms with Crippen LogP contribution >= 0.6 is 12.0 Å². The average molecular weight is 329 g/mol. The van der Waals surface area contributed by atoms with Gasteiger partial charge in [0.05, 0.1) is 6.61 Å². The molecule has 4 saturated carbocycles. The number of rotatable bonds is 6. The molecule has 4 fully saturated rings. The molecule has 4 aliphatic rings. The van der Waals surface area contributed by atoms with Crippen LogP contribution < -0.4 is 5.26 Å². The molecular weight excluding hydrogens is 304 g/mol. The van der Waals surface area contributed by atoms with Gasteiger partial charge in [0.25, 0.3) is 0 Å². The third-order valence-electron chi connectivity index (χ3n) is 5.75. The first kappa shape index (κ1) is 16.6. The molecule has 0 aromatic rings. The van der Waals surface area contributed by atoms with E-state index in [1.54, 1.807) is 13.8 Å². The second-order valence-electron chi connectivity index (χ2n) is 8.58. The SMILES string of the molecule is CC12CC3CC(C1)CC(COC(=O)C(C)(C)SOO[O-])(C3)C2. The molecule has 0 heterocycles. The monoisotopic (exact) mass is 329 g/mol. The zero-order valence-corrected chi connectivity index (χ0v) is 14.4. The van der Waals surface area contributed by atoms with Gasteiger partial charge in [-0.3, -0.25) is 9.83 Å². The largest absolute Gasteiger partial charge is 0.691 e. The van der Waals surface area contributed by atoms with Crippen LogP contribution in [0, 0.1) is 22.7 Å². The highest BCUT2D eigenvalue weighted by molar-refractivity contribution is 7.96. The van der Waals surface area contributed by atoms with E-state index in [0.29, 0.717) is 24.1 Å². The van der Waals surface area contributed by atoms with Crippen molar-refractivity contribution in [3.8, 4) is 0 Å². The normalized spacial score (nSPS) is 40.0. The van der Waals surface area contributed by atoms with Crippen LogP contribution in [-0.2, 0) is 18.9 Å². The molecule has 0 aliphatic heterocycles. The maximum atomic E-state index is 12.3. The molecule has 2 atom stereocenters. The van der Waals surface area contributed by atoms with Crippen LogP contribution in [-0.4, -0.2) is 17.3 Å². The summed E-state index contributed by atoms with van der Waals surface area (Å²) in [6.45, 7) is 6.23. The summed E-state index contributed by atoms with van der Waals surface area (Å²) in [7, 11) is 0. The smallest absolute Gasteiger partial charge is 0.324 e. The number of hydrogen-bond donors (Lipinski definition) is 0. The maximum absolute atomic E-state index is 12.3. The number of ether oxygens (including phenoxy) is 1. The first-order chi connectivity index (χ1) is 10.3. The summed E-state index contributed by atoms with van der Waals surface area (Å²) in [5.74, 6) is 1.27. The summed E-state index contributed by atoms with van der Waals surface area (Å²) >= 11 is 0.694. The fourth-order valence-electron chi connectivity index (χ4n) is 5.62. The van der Waals surface area contributed by atoms with Gasteiger partial charge in [-0.05, 0) is 69.6 Å². The molecule has 6 heteroatoms. The van der Waals surface area contributed by atoms with Crippen LogP contribution in [0.2, 0.25) is 0 Å². The lowest BCUT2D eigenvalue weighted by Gasteiger charge is -2.61. The Kier molecular flexibility index (Phi) is 4.25. The molecule has 22 heavy (non-hydrogen) atoms. The quantitative estimate of drug-likeness (QED) is 0.323. The van der Waals surface area contributed by atoms with Crippen molar-refractivity contribution in [3.05, 3.63) is 0 Å². The van der Waals surface area contributed by atoms with Crippen molar-refractivity contribution in [2.75, 3.05) is 6.61 Å². The topological polar surface area (TPSA) is 67.8 Å². The summed E-state index contributed by atoms with van der Waals surface area (Å²) < 4.78 is 8.98. The molecular formula is C16H25O5S-. The Morgan fingerprint density at radius 1 is 1.27 bits per heavy atom. The van der Waals surface area contributed by atoms with Crippen molar-refractivity contribution in [3.63, 3.8) is 0 Å². The first-order valence-electron chi connectivity index (χ1n) is 8.08. The van der Waals surface area contributed by atoms with Gasteiger partial charge in [0.2, 0.25) is 0 Å². The lowest BCUT2D eigenvalue weighted by Crippen LogP contribution is -2.53. The summed E-state index contributed by atoms with van der Waals surface area (Å²) in [6, 6.07) is 0. The van der Waals surface area contributed by atoms with E-state index < -0.39 is 4.75 Å². The Labute approximate surface area is 136 Å². The Morgan fingerprint density at radius 2 is 1.91 bits per heavy atom. The van der Waals surface area contributed by atoms with E-state index in [-0.39, 0.29) is 11.4 Å². The third kappa shape index (κ3) is 3.16. The van der Waals surface area contributed by atoms with E-state index in [9.17, 15) is 10.1 Å². The van der Waals surface area contributed by atoms with Crippen LogP contribution in [0.3, 0.4) is 0 Å². The fraction of sp³-hybridized carbons (Fsp3) is 0.938. The molecule has 0 aromatic heterocycles. The zero-order valence-electron chi connectivity index (χ0n) is 13.6. The van der Waals surface area contributed by atoms with Gasteiger partial charge in [-0.15, -0.1) is 0 Å². The van der Waals surface area contributed by atoms with Crippen LogP contribution in [0.4, 0.5) is 0 Å². The minimum atomic E-state index is -0.948. The van der Waals surface area contributed by atoms with Gasteiger partial charge in [-0.25, -0.2) is 0 Å². The molecule has 0 N–H and O–H groups in total. The molecule has 2 unspecified atom stereocenters. The standard InChI is InChI=1S/C16H26O5S/c1-14(2,22-21-20-18)13(17)19-10-16-7-11-4-12(8-16)6-15(3,5-11)9-16/h11-12,18H,4-10H2,1-3H3/p-1. The Balaban J connectivity index is 1.60. The van der Waals surface area contributed by atoms with E-state index in [1.165, 1.54) is 38.5 Å². The second kappa shape index (κ2) is 5.65. The van der Waals surface area contributed by atoms with Gasteiger partial charge < -0.3 is 9.99 Å². The molecule has 5 nitrogen and oxygen atoms in total. The van der Waals surface area contributed by atoms with Crippen molar-refractivity contribution >= 4 is 18.0 Å². The van der Waals surface area contributed by atoms with Crippen LogP contribution in [0.25, 0.3) is 0 Å². The maximum Gasteiger partial charge on any atom is 0.324 e. The second-order valence-corrected chi connectivity index (χ2v) is 9.90. The first-order valence-corrected chi connectivity index (χ1v) is 8.82. The highest BCUT2D eigenvalue weighted by Gasteiger charge is 2.56. The van der Waals surface area contributed by atoms with E-state index >= 15 is 0 Å². The van der Waals surface area contributed by atoms with Gasteiger partial charge >= 0.3 is 5.97 Å². The van der Waals surface area contributed by atoms with Crippen molar-refractivity contribution in [2.24, 2.45) is 22.7 Å². The predicted molar refractivity (Wildman–Crippen MR) is 80.0 cm³/mol. The molecule has 0 radical (unpaired) electrons. The minimum absolute atomic E-state index is 0.172. The summed E-state index contributed by atoms with van der Waals surface area (Å²) in [6.07, 6.45) is 7.61. The van der Waals surface area contributed by atoms with Crippen LogP contribution in [0.5, 0.6) is 0 Å². The molecule has 0 spiro atoms. The minimum Gasteiger partial charge on any atom is -0.691 e. The molecule has 126 valence electrons. The Hall–Kier alpha value is -0.300. The average Bonchev–Trinajstić information content (AvgIpc) is 2.40. The molecule has 0 saturated heterocycles. The fourth-order valence-corrected chi connectivity index (χ4v) is 5.95. The zero-order chi connectivity index (χ0) is 16.0. The molecule has 4 bridgehead atoms. The number of hydrogen-bond acceptors (Lipinski definition) is 6. The highest BCUT2D eigenvalue weighted by Crippen LogP contribution is 2.65. The number of esters is 1. The van der Waals surface area contributed by atoms with E-state index in [0.717, 1.165) is 11.8 Å². The molecule has 4 rings (SSSR count). The lowest BCUT2D eigenvalue weighted by atomic mass is 9.45. The molecule has 4 aliphatic carbocycles.